The maximum absolute atomic E-state index is 10.9. The number of pyridine rings is 2. The quantitative estimate of drug-likeness (QED) is 0.859. The van der Waals surface area contributed by atoms with Gasteiger partial charge in [-0.3, -0.25) is 4.79 Å². The molecule has 0 aliphatic heterocycles. The third kappa shape index (κ3) is 2.97. The van der Waals surface area contributed by atoms with Crippen molar-refractivity contribution in [3.8, 4) is 11.3 Å². The molecule has 92 valence electrons. The van der Waals surface area contributed by atoms with Crippen molar-refractivity contribution in [2.75, 3.05) is 5.32 Å². The minimum atomic E-state index is -0.196. The summed E-state index contributed by atoms with van der Waals surface area (Å²) < 4.78 is 0. The number of hydrogen-bond donors (Lipinski definition) is 1. The molecule has 0 saturated heterocycles. The topological polar surface area (TPSA) is 54.9 Å². The van der Waals surface area contributed by atoms with E-state index in [0.717, 1.165) is 5.56 Å². The van der Waals surface area contributed by atoms with Crippen LogP contribution in [0.25, 0.3) is 11.3 Å². The maximum atomic E-state index is 10.9. The van der Waals surface area contributed by atoms with Crippen LogP contribution in [0.2, 0.25) is 10.3 Å². The number of aromatic nitrogens is 2. The highest BCUT2D eigenvalue weighted by Crippen LogP contribution is 2.25. The zero-order chi connectivity index (χ0) is 13.1. The number of carbonyl (C=O) groups is 1. The first kappa shape index (κ1) is 12.8. The summed E-state index contributed by atoms with van der Waals surface area (Å²) in [6, 6.07) is 6.92. The van der Waals surface area contributed by atoms with Crippen molar-refractivity contribution in [3.05, 3.63) is 40.8 Å². The molecule has 0 atom stereocenters. The Hall–Kier alpha value is -1.65. The lowest BCUT2D eigenvalue weighted by Gasteiger charge is -2.06. The molecule has 0 fully saturated rings. The van der Waals surface area contributed by atoms with E-state index in [1.807, 2.05) is 0 Å². The van der Waals surface area contributed by atoms with E-state index in [1.165, 1.54) is 6.92 Å². The first-order valence-electron chi connectivity index (χ1n) is 5.12. The predicted octanol–water partition coefficient (Wildman–Crippen LogP) is 3.41. The van der Waals surface area contributed by atoms with E-state index in [0.29, 0.717) is 16.5 Å². The molecule has 18 heavy (non-hydrogen) atoms. The van der Waals surface area contributed by atoms with Crippen LogP contribution in [0, 0.1) is 0 Å². The Bertz CT molecular complexity index is 602. The highest BCUT2D eigenvalue weighted by atomic mass is 35.5. The summed E-state index contributed by atoms with van der Waals surface area (Å²) in [6.07, 6.45) is 1.59. The van der Waals surface area contributed by atoms with Gasteiger partial charge in [-0.15, -0.1) is 0 Å². The number of rotatable bonds is 2. The van der Waals surface area contributed by atoms with Crippen LogP contribution in [-0.2, 0) is 4.79 Å². The number of hydrogen-bond acceptors (Lipinski definition) is 3. The van der Waals surface area contributed by atoms with Crippen LogP contribution in [0.1, 0.15) is 6.92 Å². The molecule has 2 aromatic heterocycles. The van der Waals surface area contributed by atoms with Crippen molar-refractivity contribution in [1.82, 2.24) is 9.97 Å². The normalized spacial score (nSPS) is 10.2. The van der Waals surface area contributed by atoms with Gasteiger partial charge in [0.25, 0.3) is 0 Å². The van der Waals surface area contributed by atoms with Crippen molar-refractivity contribution < 1.29 is 4.79 Å². The Labute approximate surface area is 114 Å². The van der Waals surface area contributed by atoms with E-state index in [1.54, 1.807) is 30.5 Å². The van der Waals surface area contributed by atoms with E-state index in [9.17, 15) is 4.79 Å². The molecule has 0 saturated carbocycles. The summed E-state index contributed by atoms with van der Waals surface area (Å²) >= 11 is 11.8. The predicted molar refractivity (Wildman–Crippen MR) is 71.8 cm³/mol. The van der Waals surface area contributed by atoms with Crippen molar-refractivity contribution in [1.29, 1.82) is 0 Å². The molecular weight excluding hydrogens is 273 g/mol. The Morgan fingerprint density at radius 3 is 2.67 bits per heavy atom. The number of nitrogens with one attached hydrogen (secondary N) is 1. The lowest BCUT2D eigenvalue weighted by atomic mass is 10.2. The van der Waals surface area contributed by atoms with E-state index < -0.39 is 0 Å². The standard InChI is InChI=1S/C12H9Cl2N3O/c1-7(18)16-10-3-2-9(17-12(10)14)8-4-5-15-11(13)6-8/h2-6H,1H3,(H,16,18). The Kier molecular flexibility index (Phi) is 3.79. The van der Waals surface area contributed by atoms with Crippen LogP contribution >= 0.6 is 23.2 Å². The second-order valence-corrected chi connectivity index (χ2v) is 4.33. The smallest absolute Gasteiger partial charge is 0.221 e. The van der Waals surface area contributed by atoms with Gasteiger partial charge in [0.2, 0.25) is 5.91 Å². The fraction of sp³-hybridized carbons (Fsp3) is 0.0833. The van der Waals surface area contributed by atoms with Crippen LogP contribution in [0.15, 0.2) is 30.5 Å². The van der Waals surface area contributed by atoms with Gasteiger partial charge in [-0.05, 0) is 24.3 Å². The largest absolute Gasteiger partial charge is 0.324 e. The van der Waals surface area contributed by atoms with Gasteiger partial charge in [-0.25, -0.2) is 9.97 Å². The van der Waals surface area contributed by atoms with Gasteiger partial charge in [-0.1, -0.05) is 23.2 Å². The summed E-state index contributed by atoms with van der Waals surface area (Å²) in [7, 11) is 0. The average Bonchev–Trinajstić information content (AvgIpc) is 2.31. The minimum Gasteiger partial charge on any atom is -0.324 e. The molecule has 4 nitrogen and oxygen atoms in total. The highest BCUT2D eigenvalue weighted by molar-refractivity contribution is 6.32. The second-order valence-electron chi connectivity index (χ2n) is 3.58. The Morgan fingerprint density at radius 2 is 2.06 bits per heavy atom. The van der Waals surface area contributed by atoms with Crippen molar-refractivity contribution in [2.24, 2.45) is 0 Å². The lowest BCUT2D eigenvalue weighted by molar-refractivity contribution is -0.114. The number of halogens is 2. The maximum Gasteiger partial charge on any atom is 0.221 e. The van der Waals surface area contributed by atoms with E-state index >= 15 is 0 Å². The van der Waals surface area contributed by atoms with Crippen molar-refractivity contribution in [3.63, 3.8) is 0 Å². The van der Waals surface area contributed by atoms with Crippen LogP contribution in [-0.4, -0.2) is 15.9 Å². The monoisotopic (exact) mass is 281 g/mol. The molecule has 1 N–H and O–H groups in total. The molecule has 2 rings (SSSR count). The zero-order valence-corrected chi connectivity index (χ0v) is 11.0. The number of anilines is 1. The summed E-state index contributed by atoms with van der Waals surface area (Å²) in [5, 5.41) is 3.21. The molecular formula is C12H9Cl2N3O. The van der Waals surface area contributed by atoms with Gasteiger partial charge < -0.3 is 5.32 Å². The average molecular weight is 282 g/mol. The van der Waals surface area contributed by atoms with Crippen LogP contribution in [0.4, 0.5) is 5.69 Å². The SMILES string of the molecule is CC(=O)Nc1ccc(-c2ccnc(Cl)c2)nc1Cl. The molecule has 0 aromatic carbocycles. The first-order valence-corrected chi connectivity index (χ1v) is 5.88. The molecule has 6 heteroatoms. The minimum absolute atomic E-state index is 0.196. The molecule has 0 bridgehead atoms. The third-order valence-electron chi connectivity index (χ3n) is 2.18. The summed E-state index contributed by atoms with van der Waals surface area (Å²) in [4.78, 5) is 19.0. The Balaban J connectivity index is 2.37. The van der Waals surface area contributed by atoms with Gasteiger partial charge in [0, 0.05) is 18.7 Å². The number of nitrogens with zero attached hydrogens (tertiary/aromatic N) is 2. The number of amides is 1. The third-order valence-corrected chi connectivity index (χ3v) is 2.68. The molecule has 0 unspecified atom stereocenters. The molecule has 0 radical (unpaired) electrons. The molecule has 2 aromatic rings. The molecule has 0 aliphatic rings. The molecule has 2 heterocycles. The van der Waals surface area contributed by atoms with Crippen LogP contribution in [0.5, 0.6) is 0 Å². The fourth-order valence-corrected chi connectivity index (χ4v) is 1.81. The molecule has 0 aliphatic carbocycles. The summed E-state index contributed by atoms with van der Waals surface area (Å²) in [5.41, 5.74) is 1.96. The zero-order valence-electron chi connectivity index (χ0n) is 9.45. The fourth-order valence-electron chi connectivity index (χ4n) is 1.44. The van der Waals surface area contributed by atoms with Gasteiger partial charge in [0.1, 0.15) is 5.15 Å². The van der Waals surface area contributed by atoms with E-state index in [4.69, 9.17) is 23.2 Å². The lowest BCUT2D eigenvalue weighted by Crippen LogP contribution is -2.06. The molecule has 1 amide bonds. The van der Waals surface area contributed by atoms with Gasteiger partial charge in [0.05, 0.1) is 11.4 Å². The summed E-state index contributed by atoms with van der Waals surface area (Å²) in [6.45, 7) is 1.41. The number of carbonyl (C=O) groups excluding carboxylic acids is 1. The second kappa shape index (κ2) is 5.33. The van der Waals surface area contributed by atoms with Gasteiger partial charge in [-0.2, -0.15) is 0 Å². The first-order chi connectivity index (χ1) is 8.56. The highest BCUT2D eigenvalue weighted by Gasteiger charge is 2.07. The van der Waals surface area contributed by atoms with Crippen LogP contribution < -0.4 is 5.32 Å². The van der Waals surface area contributed by atoms with E-state index in [2.05, 4.69) is 15.3 Å². The van der Waals surface area contributed by atoms with Crippen molar-refractivity contribution in [2.45, 2.75) is 6.92 Å². The van der Waals surface area contributed by atoms with Gasteiger partial charge >= 0.3 is 0 Å². The van der Waals surface area contributed by atoms with Crippen LogP contribution in [0.3, 0.4) is 0 Å². The Morgan fingerprint density at radius 1 is 1.28 bits per heavy atom. The molecule has 0 spiro atoms. The summed E-state index contributed by atoms with van der Waals surface area (Å²) in [5.74, 6) is -0.196. The van der Waals surface area contributed by atoms with E-state index in [-0.39, 0.29) is 11.1 Å². The van der Waals surface area contributed by atoms with Gasteiger partial charge in [0.15, 0.2) is 5.15 Å². The van der Waals surface area contributed by atoms with Crippen molar-refractivity contribution >= 4 is 34.8 Å².